The first kappa shape index (κ1) is 15.8. The molecule has 2 aromatic heterocycles. The van der Waals surface area contributed by atoms with Crippen LogP contribution in [0.4, 0.5) is 0 Å². The SMILES string of the molecule is CN(C)Cc1c(O)ccc2cc(-c3nc4ccccc4s3)c(=O)oc12. The van der Waals surface area contributed by atoms with Gasteiger partial charge in [0.1, 0.15) is 16.3 Å². The predicted octanol–water partition coefficient (Wildman–Crippen LogP) is 3.84. The van der Waals surface area contributed by atoms with Gasteiger partial charge in [0.25, 0.3) is 0 Å². The summed E-state index contributed by atoms with van der Waals surface area (Å²) in [6.07, 6.45) is 0. The molecule has 0 spiro atoms. The third-order valence-electron chi connectivity index (χ3n) is 3.98. The Balaban J connectivity index is 1.93. The molecule has 6 heteroatoms. The number of phenolic OH excluding ortho intramolecular Hbond substituents is 1. The zero-order valence-corrected chi connectivity index (χ0v) is 14.6. The quantitative estimate of drug-likeness (QED) is 0.568. The number of thiazole rings is 1. The van der Waals surface area contributed by atoms with Crippen molar-refractivity contribution in [3.05, 3.63) is 58.4 Å². The average Bonchev–Trinajstić information content (AvgIpc) is 3.01. The van der Waals surface area contributed by atoms with E-state index >= 15 is 0 Å². The maximum Gasteiger partial charge on any atom is 0.346 e. The molecule has 25 heavy (non-hydrogen) atoms. The van der Waals surface area contributed by atoms with E-state index in [0.29, 0.717) is 28.3 Å². The highest BCUT2D eigenvalue weighted by Crippen LogP contribution is 2.32. The van der Waals surface area contributed by atoms with Crippen LogP contribution in [0.1, 0.15) is 5.56 Å². The minimum Gasteiger partial charge on any atom is -0.507 e. The third-order valence-corrected chi connectivity index (χ3v) is 5.05. The summed E-state index contributed by atoms with van der Waals surface area (Å²) in [5.41, 5.74) is 1.88. The van der Waals surface area contributed by atoms with Gasteiger partial charge in [-0.2, -0.15) is 0 Å². The Morgan fingerprint density at radius 1 is 1.20 bits per heavy atom. The van der Waals surface area contributed by atoms with Crippen LogP contribution in [-0.2, 0) is 6.54 Å². The number of nitrogens with zero attached hydrogens (tertiary/aromatic N) is 2. The standard InChI is InChI=1S/C19H16N2O3S/c1-21(2)10-13-15(22)8-7-11-9-12(19(23)24-17(11)13)18-20-14-5-3-4-6-16(14)25-18/h3-9,22H,10H2,1-2H3. The lowest BCUT2D eigenvalue weighted by Gasteiger charge is -2.13. The molecule has 126 valence electrons. The van der Waals surface area contributed by atoms with Gasteiger partial charge in [-0.15, -0.1) is 11.3 Å². The van der Waals surface area contributed by atoms with Gasteiger partial charge >= 0.3 is 5.63 Å². The number of hydrogen-bond donors (Lipinski definition) is 1. The molecule has 0 unspecified atom stereocenters. The number of aromatic nitrogens is 1. The van der Waals surface area contributed by atoms with Crippen molar-refractivity contribution in [3.8, 4) is 16.3 Å². The van der Waals surface area contributed by atoms with E-state index in [0.717, 1.165) is 15.6 Å². The summed E-state index contributed by atoms with van der Waals surface area (Å²) in [7, 11) is 3.79. The van der Waals surface area contributed by atoms with E-state index in [-0.39, 0.29) is 5.75 Å². The van der Waals surface area contributed by atoms with E-state index in [1.807, 2.05) is 43.3 Å². The first-order valence-corrected chi connectivity index (χ1v) is 8.64. The molecule has 0 radical (unpaired) electrons. The zero-order valence-electron chi connectivity index (χ0n) is 13.8. The van der Waals surface area contributed by atoms with Gasteiger partial charge < -0.3 is 14.4 Å². The average molecular weight is 352 g/mol. The smallest absolute Gasteiger partial charge is 0.346 e. The van der Waals surface area contributed by atoms with Crippen molar-refractivity contribution in [2.75, 3.05) is 14.1 Å². The molecule has 0 bridgehead atoms. The van der Waals surface area contributed by atoms with Crippen LogP contribution in [0.25, 0.3) is 31.8 Å². The number of phenols is 1. The van der Waals surface area contributed by atoms with E-state index in [4.69, 9.17) is 4.42 Å². The van der Waals surface area contributed by atoms with Crippen LogP contribution in [-0.4, -0.2) is 29.1 Å². The number of fused-ring (bicyclic) bond motifs is 2. The number of aromatic hydroxyl groups is 1. The van der Waals surface area contributed by atoms with E-state index in [9.17, 15) is 9.90 Å². The van der Waals surface area contributed by atoms with Crippen LogP contribution < -0.4 is 5.63 Å². The Hall–Kier alpha value is -2.70. The molecule has 0 saturated carbocycles. The van der Waals surface area contributed by atoms with Crippen LogP contribution in [0.15, 0.2) is 51.7 Å². The Kier molecular flexibility index (Phi) is 3.78. The van der Waals surface area contributed by atoms with Gasteiger partial charge in [-0.05, 0) is 44.4 Å². The molecule has 0 saturated heterocycles. The Morgan fingerprint density at radius 2 is 2.00 bits per heavy atom. The molecule has 0 atom stereocenters. The van der Waals surface area contributed by atoms with E-state index in [1.165, 1.54) is 11.3 Å². The monoisotopic (exact) mass is 352 g/mol. The van der Waals surface area contributed by atoms with Gasteiger partial charge in [0.2, 0.25) is 0 Å². The lowest BCUT2D eigenvalue weighted by Crippen LogP contribution is -2.12. The lowest BCUT2D eigenvalue weighted by molar-refractivity contribution is 0.383. The summed E-state index contributed by atoms with van der Waals surface area (Å²) in [5.74, 6) is 0.122. The first-order valence-electron chi connectivity index (χ1n) is 7.82. The van der Waals surface area contributed by atoms with E-state index < -0.39 is 5.63 Å². The third kappa shape index (κ3) is 2.79. The number of hydrogen-bond acceptors (Lipinski definition) is 6. The van der Waals surface area contributed by atoms with Crippen LogP contribution in [0.5, 0.6) is 5.75 Å². The highest BCUT2D eigenvalue weighted by molar-refractivity contribution is 7.21. The summed E-state index contributed by atoms with van der Waals surface area (Å²) in [5, 5.41) is 11.5. The number of rotatable bonds is 3. The zero-order chi connectivity index (χ0) is 17.6. The molecule has 4 aromatic rings. The Bertz CT molecular complexity index is 1110. The molecule has 0 aliphatic rings. The Labute approximate surface area is 147 Å². The van der Waals surface area contributed by atoms with Gasteiger partial charge in [-0.3, -0.25) is 0 Å². The van der Waals surface area contributed by atoms with Crippen molar-refractivity contribution in [2.24, 2.45) is 0 Å². The fourth-order valence-corrected chi connectivity index (χ4v) is 3.81. The van der Waals surface area contributed by atoms with Gasteiger partial charge in [-0.1, -0.05) is 12.1 Å². The van der Waals surface area contributed by atoms with Crippen molar-refractivity contribution in [1.29, 1.82) is 0 Å². The summed E-state index contributed by atoms with van der Waals surface area (Å²) in [4.78, 5) is 19.0. The fraction of sp³-hybridized carbons (Fsp3) is 0.158. The van der Waals surface area contributed by atoms with Crippen molar-refractivity contribution >= 4 is 32.5 Å². The molecule has 0 fully saturated rings. The topological polar surface area (TPSA) is 66.6 Å². The minimum absolute atomic E-state index is 0.122. The molecule has 2 heterocycles. The maximum atomic E-state index is 12.6. The number of para-hydroxylation sites is 1. The van der Waals surface area contributed by atoms with Crippen LogP contribution >= 0.6 is 11.3 Å². The van der Waals surface area contributed by atoms with Crippen molar-refractivity contribution in [3.63, 3.8) is 0 Å². The predicted molar refractivity (Wildman–Crippen MR) is 100 cm³/mol. The van der Waals surface area contributed by atoms with E-state index in [1.54, 1.807) is 18.2 Å². The van der Waals surface area contributed by atoms with Crippen molar-refractivity contribution < 1.29 is 9.52 Å². The molecule has 0 amide bonds. The molecule has 2 aromatic carbocycles. The summed E-state index contributed by atoms with van der Waals surface area (Å²) in [6.45, 7) is 0.479. The van der Waals surface area contributed by atoms with Gasteiger partial charge in [-0.25, -0.2) is 9.78 Å². The second-order valence-electron chi connectivity index (χ2n) is 6.15. The molecule has 0 aliphatic carbocycles. The first-order chi connectivity index (χ1) is 12.0. The maximum absolute atomic E-state index is 12.6. The molecule has 5 nitrogen and oxygen atoms in total. The molecular formula is C19H16N2O3S. The number of benzene rings is 2. The van der Waals surface area contributed by atoms with Crippen LogP contribution in [0.3, 0.4) is 0 Å². The second-order valence-corrected chi connectivity index (χ2v) is 7.18. The van der Waals surface area contributed by atoms with Crippen LogP contribution in [0, 0.1) is 0 Å². The normalized spacial score (nSPS) is 11.6. The lowest BCUT2D eigenvalue weighted by atomic mass is 10.1. The van der Waals surface area contributed by atoms with Crippen LogP contribution in [0.2, 0.25) is 0 Å². The van der Waals surface area contributed by atoms with Gasteiger partial charge in [0.15, 0.2) is 0 Å². The van der Waals surface area contributed by atoms with Gasteiger partial charge in [0.05, 0.1) is 21.3 Å². The fourth-order valence-electron chi connectivity index (χ4n) is 2.84. The summed E-state index contributed by atoms with van der Waals surface area (Å²) >= 11 is 1.46. The second kappa shape index (κ2) is 5.98. The highest BCUT2D eigenvalue weighted by Gasteiger charge is 2.16. The highest BCUT2D eigenvalue weighted by atomic mass is 32.1. The molecular weight excluding hydrogens is 336 g/mol. The Morgan fingerprint density at radius 3 is 2.76 bits per heavy atom. The van der Waals surface area contributed by atoms with Crippen molar-refractivity contribution in [1.82, 2.24) is 9.88 Å². The molecule has 1 N–H and O–H groups in total. The van der Waals surface area contributed by atoms with Gasteiger partial charge in [0, 0.05) is 11.9 Å². The summed E-state index contributed by atoms with van der Waals surface area (Å²) < 4.78 is 6.60. The molecule has 4 rings (SSSR count). The van der Waals surface area contributed by atoms with Crippen molar-refractivity contribution in [2.45, 2.75) is 6.54 Å². The summed E-state index contributed by atoms with van der Waals surface area (Å²) in [6, 6.07) is 12.9. The molecule has 0 aliphatic heterocycles. The largest absolute Gasteiger partial charge is 0.507 e. The van der Waals surface area contributed by atoms with E-state index in [2.05, 4.69) is 4.98 Å². The minimum atomic E-state index is -0.447.